The highest BCUT2D eigenvalue weighted by atomic mass is 35.5. The predicted octanol–water partition coefficient (Wildman–Crippen LogP) is 2.92. The summed E-state index contributed by atoms with van der Waals surface area (Å²) >= 11 is 6.28. The van der Waals surface area contributed by atoms with Crippen LogP contribution in [0.2, 0.25) is 5.02 Å². The van der Waals surface area contributed by atoms with E-state index in [2.05, 4.69) is 10.4 Å². The van der Waals surface area contributed by atoms with E-state index in [1.165, 1.54) is 0 Å². The first kappa shape index (κ1) is 20.0. The smallest absolute Gasteiger partial charge is 0.257 e. The van der Waals surface area contributed by atoms with Crippen LogP contribution in [0.1, 0.15) is 27.7 Å². The normalized spacial score (nSPS) is 15.8. The number of fused-ring (bicyclic) bond motifs is 1. The van der Waals surface area contributed by atoms with E-state index in [1.54, 1.807) is 35.9 Å². The van der Waals surface area contributed by atoms with Gasteiger partial charge in [0.05, 0.1) is 30.5 Å². The van der Waals surface area contributed by atoms with Crippen molar-refractivity contribution >= 4 is 29.1 Å². The predicted molar refractivity (Wildman–Crippen MR) is 115 cm³/mol. The molecule has 1 aliphatic rings. The van der Waals surface area contributed by atoms with Gasteiger partial charge in [-0.1, -0.05) is 41.9 Å². The standard InChI is InChI=1S/C22H22ClN5O2/c1-24-20(29)14-28-19-10-6-4-8-17(19)22(30)26(2)21(28)16-11-25-27(13-16)12-15-7-3-5-9-18(15)23/h3-11,13,21H,12,14H2,1-2H3,(H,24,29)/t21-/m0/s1. The van der Waals surface area contributed by atoms with E-state index in [0.29, 0.717) is 17.1 Å². The van der Waals surface area contributed by atoms with Gasteiger partial charge in [-0.2, -0.15) is 5.10 Å². The van der Waals surface area contributed by atoms with E-state index >= 15 is 0 Å². The first-order valence-corrected chi connectivity index (χ1v) is 9.96. The Bertz CT molecular complexity index is 1100. The van der Waals surface area contributed by atoms with E-state index in [-0.39, 0.29) is 18.4 Å². The van der Waals surface area contributed by atoms with Gasteiger partial charge in [-0.3, -0.25) is 14.3 Å². The highest BCUT2D eigenvalue weighted by Gasteiger charge is 2.37. The first-order chi connectivity index (χ1) is 14.5. The number of aromatic nitrogens is 2. The lowest BCUT2D eigenvalue weighted by Crippen LogP contribution is -2.50. The molecule has 0 radical (unpaired) electrons. The molecule has 2 amide bonds. The first-order valence-electron chi connectivity index (χ1n) is 9.58. The summed E-state index contributed by atoms with van der Waals surface area (Å²) in [6, 6.07) is 15.0. The third-order valence-corrected chi connectivity index (χ3v) is 5.63. The fourth-order valence-electron chi connectivity index (χ4n) is 3.76. The molecule has 0 unspecified atom stereocenters. The molecule has 1 aliphatic heterocycles. The van der Waals surface area contributed by atoms with Crippen LogP contribution in [-0.4, -0.2) is 47.1 Å². The zero-order chi connectivity index (χ0) is 21.3. The monoisotopic (exact) mass is 423 g/mol. The van der Waals surface area contributed by atoms with Crippen LogP contribution in [0, 0.1) is 0 Å². The van der Waals surface area contributed by atoms with E-state index in [4.69, 9.17) is 11.6 Å². The highest BCUT2D eigenvalue weighted by Crippen LogP contribution is 2.37. The SMILES string of the molecule is CNC(=O)CN1c2ccccc2C(=O)N(C)[C@@H]1c1cnn(Cc2ccccc2Cl)c1. The van der Waals surface area contributed by atoms with Gasteiger partial charge in [0.1, 0.15) is 6.17 Å². The van der Waals surface area contributed by atoms with Gasteiger partial charge in [0.25, 0.3) is 5.91 Å². The third-order valence-electron chi connectivity index (χ3n) is 5.26. The second kappa shape index (κ2) is 8.20. The number of hydrogen-bond acceptors (Lipinski definition) is 4. The molecule has 3 aromatic rings. The molecule has 30 heavy (non-hydrogen) atoms. The van der Waals surface area contributed by atoms with Crippen LogP contribution >= 0.6 is 11.6 Å². The van der Waals surface area contributed by atoms with Gasteiger partial charge in [-0.15, -0.1) is 0 Å². The summed E-state index contributed by atoms with van der Waals surface area (Å²) in [7, 11) is 3.34. The maximum atomic E-state index is 13.0. The Morgan fingerprint density at radius 2 is 1.90 bits per heavy atom. The molecule has 1 N–H and O–H groups in total. The number of anilines is 1. The van der Waals surface area contributed by atoms with Crippen molar-refractivity contribution in [2.75, 3.05) is 25.5 Å². The number of halogens is 1. The molecule has 2 aromatic carbocycles. The second-order valence-electron chi connectivity index (χ2n) is 7.17. The fourth-order valence-corrected chi connectivity index (χ4v) is 3.95. The molecule has 0 bridgehead atoms. The number of carbonyl (C=O) groups excluding carboxylic acids is 2. The van der Waals surface area contributed by atoms with Gasteiger partial charge in [0.15, 0.2) is 0 Å². The number of hydrogen-bond donors (Lipinski definition) is 1. The summed E-state index contributed by atoms with van der Waals surface area (Å²) in [6.45, 7) is 0.627. The molecule has 0 saturated carbocycles. The Morgan fingerprint density at radius 1 is 1.17 bits per heavy atom. The maximum absolute atomic E-state index is 13.0. The summed E-state index contributed by atoms with van der Waals surface area (Å²) < 4.78 is 1.79. The van der Waals surface area contributed by atoms with Crippen molar-refractivity contribution < 1.29 is 9.59 Å². The van der Waals surface area contributed by atoms with Crippen molar-refractivity contribution in [3.63, 3.8) is 0 Å². The molecule has 8 heteroatoms. The van der Waals surface area contributed by atoms with Crippen molar-refractivity contribution in [3.8, 4) is 0 Å². The molecular formula is C22H22ClN5O2. The van der Waals surface area contributed by atoms with Crippen molar-refractivity contribution in [1.82, 2.24) is 20.0 Å². The molecule has 1 aromatic heterocycles. The molecule has 1 atom stereocenters. The topological polar surface area (TPSA) is 70.5 Å². The molecular weight excluding hydrogens is 402 g/mol. The van der Waals surface area contributed by atoms with Crippen LogP contribution in [0.25, 0.3) is 0 Å². The number of carbonyl (C=O) groups is 2. The summed E-state index contributed by atoms with van der Waals surface area (Å²) in [5.74, 6) is -0.233. The second-order valence-corrected chi connectivity index (χ2v) is 7.58. The van der Waals surface area contributed by atoms with E-state index in [9.17, 15) is 9.59 Å². The van der Waals surface area contributed by atoms with Gasteiger partial charge in [0.2, 0.25) is 5.91 Å². The van der Waals surface area contributed by atoms with Crippen LogP contribution < -0.4 is 10.2 Å². The van der Waals surface area contributed by atoms with Gasteiger partial charge in [-0.25, -0.2) is 0 Å². The molecule has 7 nitrogen and oxygen atoms in total. The van der Waals surface area contributed by atoms with Crippen molar-refractivity contribution in [2.24, 2.45) is 0 Å². The number of benzene rings is 2. The minimum atomic E-state index is -0.454. The Hall–Kier alpha value is -3.32. The molecule has 0 aliphatic carbocycles. The van der Waals surface area contributed by atoms with Gasteiger partial charge >= 0.3 is 0 Å². The minimum absolute atomic E-state index is 0.0948. The number of rotatable bonds is 5. The van der Waals surface area contributed by atoms with Crippen LogP contribution in [0.5, 0.6) is 0 Å². The largest absolute Gasteiger partial charge is 0.358 e. The van der Waals surface area contributed by atoms with E-state index < -0.39 is 6.17 Å². The summed E-state index contributed by atoms with van der Waals surface area (Å²) in [5.41, 5.74) is 3.07. The molecule has 2 heterocycles. The number of nitrogens with zero attached hydrogens (tertiary/aromatic N) is 4. The summed E-state index contributed by atoms with van der Waals surface area (Å²) in [6.07, 6.45) is 3.17. The zero-order valence-electron chi connectivity index (χ0n) is 16.7. The Kier molecular flexibility index (Phi) is 5.46. The Morgan fingerprint density at radius 3 is 2.67 bits per heavy atom. The summed E-state index contributed by atoms with van der Waals surface area (Å²) in [4.78, 5) is 28.8. The molecule has 0 fully saturated rings. The minimum Gasteiger partial charge on any atom is -0.358 e. The number of likely N-dealkylation sites (N-methyl/N-ethyl adjacent to an activating group) is 1. The third kappa shape index (κ3) is 3.64. The van der Waals surface area contributed by atoms with E-state index in [0.717, 1.165) is 16.8 Å². The van der Waals surface area contributed by atoms with Crippen molar-refractivity contribution in [2.45, 2.75) is 12.7 Å². The average molecular weight is 424 g/mol. The number of para-hydroxylation sites is 1. The van der Waals surface area contributed by atoms with Crippen LogP contribution in [0.4, 0.5) is 5.69 Å². The van der Waals surface area contributed by atoms with Gasteiger partial charge in [0, 0.05) is 30.9 Å². The highest BCUT2D eigenvalue weighted by molar-refractivity contribution is 6.31. The van der Waals surface area contributed by atoms with Crippen LogP contribution in [0.15, 0.2) is 60.9 Å². The molecule has 4 rings (SSSR count). The fraction of sp³-hybridized carbons (Fsp3) is 0.227. The number of amides is 2. The Labute approximate surface area is 179 Å². The average Bonchev–Trinajstić information content (AvgIpc) is 3.21. The van der Waals surface area contributed by atoms with E-state index in [1.807, 2.05) is 53.6 Å². The van der Waals surface area contributed by atoms with Gasteiger partial charge < -0.3 is 15.1 Å². The molecule has 154 valence electrons. The van der Waals surface area contributed by atoms with Gasteiger partial charge in [-0.05, 0) is 23.8 Å². The number of nitrogens with one attached hydrogen (secondary N) is 1. The lowest BCUT2D eigenvalue weighted by Gasteiger charge is -2.43. The Balaban J connectivity index is 1.71. The zero-order valence-corrected chi connectivity index (χ0v) is 17.5. The summed E-state index contributed by atoms with van der Waals surface area (Å²) in [5, 5.41) is 7.81. The molecule has 0 spiro atoms. The van der Waals surface area contributed by atoms with Crippen molar-refractivity contribution in [3.05, 3.63) is 82.6 Å². The van der Waals surface area contributed by atoms with Crippen LogP contribution in [-0.2, 0) is 11.3 Å². The molecule has 0 saturated heterocycles. The maximum Gasteiger partial charge on any atom is 0.257 e. The lowest BCUT2D eigenvalue weighted by molar-refractivity contribution is -0.119. The van der Waals surface area contributed by atoms with Crippen LogP contribution in [0.3, 0.4) is 0 Å². The lowest BCUT2D eigenvalue weighted by atomic mass is 10.0. The van der Waals surface area contributed by atoms with Crippen molar-refractivity contribution in [1.29, 1.82) is 0 Å². The quantitative estimate of drug-likeness (QED) is 0.685.